The number of nitrogens with one attached hydrogen (secondary N) is 1. The van der Waals surface area contributed by atoms with E-state index in [0.29, 0.717) is 32.2 Å². The average Bonchev–Trinajstić information content (AvgIpc) is 3.02. The second kappa shape index (κ2) is 8.29. The summed E-state index contributed by atoms with van der Waals surface area (Å²) in [4.78, 5) is 4.64. The van der Waals surface area contributed by atoms with Crippen molar-refractivity contribution in [2.75, 3.05) is 4.72 Å². The minimum absolute atomic E-state index is 0.0724. The van der Waals surface area contributed by atoms with Gasteiger partial charge in [0.05, 0.1) is 27.0 Å². The average molecular weight is 494 g/mol. The number of fused-ring (bicyclic) bond motifs is 1. The Morgan fingerprint density at radius 1 is 0.971 bits per heavy atom. The van der Waals surface area contributed by atoms with E-state index in [-0.39, 0.29) is 10.3 Å². The molecule has 0 aliphatic rings. The van der Waals surface area contributed by atoms with Gasteiger partial charge in [0.2, 0.25) is 0 Å². The summed E-state index contributed by atoms with van der Waals surface area (Å²) in [6, 6.07) is 12.3. The third kappa shape index (κ3) is 4.12. The maximum atomic E-state index is 13.3. The molecule has 0 unspecified atom stereocenters. The standard InChI is InChI=1S/C27H28ClN3O2S/c1-16-14-24(17(2)29-15-16)31-18(3)25-22(28)12-13-23(26(25)19(31)4)30-34(32,33)21-10-8-20(9-11-21)27(5,6)7/h8-15,30H,3-4H2,1-2,5-7H3. The second-order valence-electron chi connectivity index (χ2n) is 9.57. The molecule has 7 heteroatoms. The van der Waals surface area contributed by atoms with E-state index in [9.17, 15) is 8.42 Å². The van der Waals surface area contributed by atoms with Gasteiger partial charge in [0, 0.05) is 27.7 Å². The molecule has 0 radical (unpaired) electrons. The van der Waals surface area contributed by atoms with Crippen LogP contribution in [0.25, 0.3) is 29.6 Å². The lowest BCUT2D eigenvalue weighted by molar-refractivity contribution is 0.587. The van der Waals surface area contributed by atoms with Gasteiger partial charge in [-0.3, -0.25) is 9.71 Å². The summed E-state index contributed by atoms with van der Waals surface area (Å²) in [5, 5.41) is 2.93. The highest BCUT2D eigenvalue weighted by atomic mass is 35.5. The number of hydrogen-bond donors (Lipinski definition) is 1. The summed E-state index contributed by atoms with van der Waals surface area (Å²) < 4.78 is 31.1. The Balaban J connectivity index is 1.88. The number of pyridine rings is 1. The number of anilines is 1. The summed E-state index contributed by atoms with van der Waals surface area (Å²) in [7, 11) is -3.84. The summed E-state index contributed by atoms with van der Waals surface area (Å²) >= 11 is 6.55. The van der Waals surface area contributed by atoms with Crippen molar-refractivity contribution in [3.05, 3.63) is 81.2 Å². The Morgan fingerprint density at radius 2 is 1.59 bits per heavy atom. The minimum atomic E-state index is -3.84. The zero-order chi connectivity index (χ0) is 25.0. The molecule has 34 heavy (non-hydrogen) atoms. The van der Waals surface area contributed by atoms with Crippen molar-refractivity contribution in [3.63, 3.8) is 0 Å². The first-order valence-corrected chi connectivity index (χ1v) is 12.7. The van der Waals surface area contributed by atoms with Crippen LogP contribution >= 0.6 is 11.6 Å². The van der Waals surface area contributed by atoms with Crippen molar-refractivity contribution in [1.29, 1.82) is 0 Å². The van der Waals surface area contributed by atoms with Gasteiger partial charge in [-0.2, -0.15) is 0 Å². The molecule has 0 spiro atoms. The predicted molar refractivity (Wildman–Crippen MR) is 142 cm³/mol. The molecule has 0 bridgehead atoms. The van der Waals surface area contributed by atoms with E-state index in [4.69, 9.17) is 11.6 Å². The Hall–Kier alpha value is -3.09. The normalized spacial score (nSPS) is 12.3. The molecule has 0 saturated carbocycles. The van der Waals surface area contributed by atoms with E-state index >= 15 is 0 Å². The summed E-state index contributed by atoms with van der Waals surface area (Å²) in [6.45, 7) is 18.6. The Labute approximate surface area is 205 Å². The first kappa shape index (κ1) is 24.0. The van der Waals surface area contributed by atoms with Crippen LogP contribution in [-0.2, 0) is 15.4 Å². The topological polar surface area (TPSA) is 64.0 Å². The van der Waals surface area contributed by atoms with E-state index in [1.807, 2.05) is 36.6 Å². The van der Waals surface area contributed by atoms with Crippen LogP contribution in [0.15, 0.2) is 53.6 Å². The van der Waals surface area contributed by atoms with E-state index in [0.717, 1.165) is 22.5 Å². The van der Waals surface area contributed by atoms with Gasteiger partial charge in [-0.15, -0.1) is 0 Å². The molecule has 0 aliphatic heterocycles. The van der Waals surface area contributed by atoms with Gasteiger partial charge < -0.3 is 4.57 Å². The van der Waals surface area contributed by atoms with Crippen LogP contribution in [0.2, 0.25) is 5.02 Å². The lowest BCUT2D eigenvalue weighted by atomic mass is 9.87. The Kier molecular flexibility index (Phi) is 5.86. The van der Waals surface area contributed by atoms with Gasteiger partial charge in [0.1, 0.15) is 0 Å². The quantitative estimate of drug-likeness (QED) is 0.424. The highest BCUT2D eigenvalue weighted by Crippen LogP contribution is 2.29. The van der Waals surface area contributed by atoms with Gasteiger partial charge in [-0.1, -0.05) is 57.7 Å². The van der Waals surface area contributed by atoms with Crippen LogP contribution in [0.3, 0.4) is 0 Å². The summed E-state index contributed by atoms with van der Waals surface area (Å²) in [5.41, 5.74) is 4.00. The molecule has 0 atom stereocenters. The summed E-state index contributed by atoms with van der Waals surface area (Å²) in [6.07, 6.45) is 1.80. The van der Waals surface area contributed by atoms with Crippen molar-refractivity contribution < 1.29 is 8.42 Å². The largest absolute Gasteiger partial charge is 0.308 e. The molecule has 176 valence electrons. The molecule has 5 nitrogen and oxygen atoms in total. The number of hydrogen-bond acceptors (Lipinski definition) is 3. The first-order chi connectivity index (χ1) is 15.8. The second-order valence-corrected chi connectivity index (χ2v) is 11.7. The van der Waals surface area contributed by atoms with Crippen molar-refractivity contribution in [2.24, 2.45) is 0 Å². The molecule has 0 aliphatic carbocycles. The van der Waals surface area contributed by atoms with Crippen LogP contribution in [0.5, 0.6) is 0 Å². The Morgan fingerprint density at radius 3 is 2.21 bits per heavy atom. The molecular weight excluding hydrogens is 466 g/mol. The Bertz CT molecular complexity index is 1630. The van der Waals surface area contributed by atoms with Crippen LogP contribution in [0.4, 0.5) is 5.69 Å². The fourth-order valence-electron chi connectivity index (χ4n) is 4.11. The molecule has 2 aromatic carbocycles. The van der Waals surface area contributed by atoms with Gasteiger partial charge in [0.25, 0.3) is 10.0 Å². The fraction of sp³-hybridized carbons (Fsp3) is 0.222. The van der Waals surface area contributed by atoms with E-state index in [1.165, 1.54) is 0 Å². The van der Waals surface area contributed by atoms with Crippen LogP contribution in [-0.4, -0.2) is 18.0 Å². The van der Waals surface area contributed by atoms with E-state index in [2.05, 4.69) is 43.6 Å². The van der Waals surface area contributed by atoms with Gasteiger partial charge in [-0.25, -0.2) is 8.42 Å². The zero-order valence-corrected chi connectivity index (χ0v) is 21.6. The van der Waals surface area contributed by atoms with Gasteiger partial charge in [0.15, 0.2) is 0 Å². The minimum Gasteiger partial charge on any atom is -0.308 e. The molecule has 0 amide bonds. The monoisotopic (exact) mass is 493 g/mol. The van der Waals surface area contributed by atoms with E-state index < -0.39 is 10.0 Å². The van der Waals surface area contributed by atoms with Gasteiger partial charge in [-0.05, 0) is 60.7 Å². The molecule has 2 aromatic heterocycles. The number of nitrogens with zero attached hydrogens (tertiary/aromatic N) is 2. The summed E-state index contributed by atoms with van der Waals surface area (Å²) in [5.74, 6) is 0. The van der Waals surface area contributed by atoms with E-state index in [1.54, 1.807) is 30.5 Å². The number of sulfonamides is 1. The van der Waals surface area contributed by atoms with Crippen LogP contribution < -0.4 is 15.4 Å². The molecule has 0 fully saturated rings. The SMILES string of the molecule is C=c1c2c(Cl)ccc(NS(=O)(=O)c3ccc(C(C)(C)C)cc3)c2c(=C)n1-c1cc(C)cnc1C. The molecule has 2 heterocycles. The highest BCUT2D eigenvalue weighted by Gasteiger charge is 2.21. The fourth-order valence-corrected chi connectivity index (χ4v) is 5.45. The maximum Gasteiger partial charge on any atom is 0.261 e. The number of benzene rings is 2. The van der Waals surface area contributed by atoms with Crippen LogP contribution in [0, 0.1) is 13.8 Å². The lowest BCUT2D eigenvalue weighted by Crippen LogP contribution is -2.24. The number of rotatable bonds is 4. The third-order valence-corrected chi connectivity index (χ3v) is 7.68. The number of aryl methyl sites for hydroxylation is 2. The molecule has 0 saturated heterocycles. The smallest absolute Gasteiger partial charge is 0.261 e. The molecule has 1 N–H and O–H groups in total. The predicted octanol–water partition coefficient (Wildman–Crippen LogP) is 5.21. The lowest BCUT2D eigenvalue weighted by Gasteiger charge is -2.19. The molecule has 4 aromatic rings. The number of aromatic nitrogens is 2. The number of halogens is 1. The van der Waals surface area contributed by atoms with Crippen molar-refractivity contribution in [2.45, 2.75) is 44.9 Å². The molecular formula is C27H28ClN3O2S. The highest BCUT2D eigenvalue weighted by molar-refractivity contribution is 7.92. The van der Waals surface area contributed by atoms with Crippen molar-refractivity contribution >= 4 is 51.2 Å². The third-order valence-electron chi connectivity index (χ3n) is 5.98. The van der Waals surface area contributed by atoms with Crippen molar-refractivity contribution in [3.8, 4) is 5.69 Å². The van der Waals surface area contributed by atoms with Crippen molar-refractivity contribution in [1.82, 2.24) is 9.55 Å². The molecule has 4 rings (SSSR count). The van der Waals surface area contributed by atoms with Crippen LogP contribution in [0.1, 0.15) is 37.6 Å². The first-order valence-electron chi connectivity index (χ1n) is 10.9. The van der Waals surface area contributed by atoms with Gasteiger partial charge >= 0.3 is 0 Å². The zero-order valence-electron chi connectivity index (χ0n) is 20.0. The maximum absolute atomic E-state index is 13.3.